The van der Waals surface area contributed by atoms with Crippen molar-refractivity contribution in [1.29, 1.82) is 0 Å². The molecule has 0 spiro atoms. The smallest absolute Gasteiger partial charge is 0.416 e. The lowest BCUT2D eigenvalue weighted by molar-refractivity contribution is -0.137. The van der Waals surface area contributed by atoms with Crippen molar-refractivity contribution in [2.75, 3.05) is 0 Å². The van der Waals surface area contributed by atoms with E-state index in [1.807, 2.05) is 104 Å². The van der Waals surface area contributed by atoms with Crippen molar-refractivity contribution in [3.8, 4) is 47.4 Å². The molecule has 310 valence electrons. The first-order valence-electron chi connectivity index (χ1n) is 20.2. The van der Waals surface area contributed by atoms with E-state index in [4.69, 9.17) is 8.83 Å². The van der Waals surface area contributed by atoms with Crippen molar-refractivity contribution in [3.05, 3.63) is 237 Å². The molecule has 2 aromatic heterocycles. The van der Waals surface area contributed by atoms with Crippen LogP contribution in [0.1, 0.15) is 55.6 Å². The molecule has 10 rings (SSSR count). The molecule has 0 aliphatic rings. The van der Waals surface area contributed by atoms with Gasteiger partial charge in [-0.3, -0.25) is 0 Å². The Morgan fingerprint density at radius 3 is 0.862 bits per heavy atom. The number of alkyl halides is 3. The molecule has 0 bridgehead atoms. The van der Waals surface area contributed by atoms with Crippen LogP contribution in [0.2, 0.25) is 0 Å². The predicted molar refractivity (Wildman–Crippen MR) is 247 cm³/mol. The lowest BCUT2D eigenvalue weighted by Crippen LogP contribution is -2.04. The molecule has 0 radical (unpaired) electrons. The summed E-state index contributed by atoms with van der Waals surface area (Å²) in [6, 6.07) is 48.2. The van der Waals surface area contributed by atoms with Gasteiger partial charge in [0.15, 0.2) is 0 Å². The maximum Gasteiger partial charge on any atom is 0.416 e. The van der Waals surface area contributed by atoms with Crippen LogP contribution in [0.5, 0.6) is 0 Å². The molecule has 0 aliphatic heterocycles. The summed E-state index contributed by atoms with van der Waals surface area (Å²) in [5, 5.41) is 3.95. The molecule has 7 heteroatoms. The van der Waals surface area contributed by atoms with Gasteiger partial charge in [0.2, 0.25) is 0 Å². The molecule has 2 heterocycles. The van der Waals surface area contributed by atoms with Gasteiger partial charge in [-0.1, -0.05) is 65.1 Å². The zero-order valence-electron chi connectivity index (χ0n) is 34.4. The van der Waals surface area contributed by atoms with Crippen LogP contribution in [0.25, 0.3) is 43.9 Å². The molecule has 8 aromatic carbocycles. The third-order valence-corrected chi connectivity index (χ3v) is 10.3. The Bertz CT molecular complexity index is 3540. The summed E-state index contributed by atoms with van der Waals surface area (Å²) in [5.74, 6) is 23.9. The monoisotopic (exact) mass is 854 g/mol. The fourth-order valence-corrected chi connectivity index (χ4v) is 6.89. The van der Waals surface area contributed by atoms with Gasteiger partial charge in [-0.15, -0.1) is 0 Å². The Hall–Kier alpha value is -8.75. The summed E-state index contributed by atoms with van der Waals surface area (Å²) in [6.45, 7) is 2.04. The lowest BCUT2D eigenvalue weighted by Gasteiger charge is -2.05. The summed E-state index contributed by atoms with van der Waals surface area (Å²) in [5.41, 5.74) is 9.56. The van der Waals surface area contributed by atoms with E-state index in [9.17, 15) is 22.0 Å². The maximum absolute atomic E-state index is 13.0. The van der Waals surface area contributed by atoms with Crippen molar-refractivity contribution in [1.82, 2.24) is 0 Å². The second-order valence-electron chi connectivity index (χ2n) is 15.0. The van der Waals surface area contributed by atoms with Gasteiger partial charge in [-0.25, -0.2) is 8.78 Å². The van der Waals surface area contributed by atoms with Crippen LogP contribution in [0, 0.1) is 65.9 Å². The van der Waals surface area contributed by atoms with Gasteiger partial charge in [0.1, 0.15) is 34.0 Å². The second kappa shape index (κ2) is 17.9. The molecule has 0 amide bonds. The fourth-order valence-electron chi connectivity index (χ4n) is 6.89. The van der Waals surface area contributed by atoms with E-state index >= 15 is 0 Å². The molecule has 10 aromatic rings. The molecular weight excluding hydrogens is 824 g/mol. The Kier molecular flexibility index (Phi) is 11.5. The minimum Gasteiger partial charge on any atom is -0.456 e. The summed E-state index contributed by atoms with van der Waals surface area (Å²) in [4.78, 5) is 0. The summed E-state index contributed by atoms with van der Waals surface area (Å²) >= 11 is 0. The molecule has 0 fully saturated rings. The highest BCUT2D eigenvalue weighted by Gasteiger charge is 2.29. The average molecular weight is 855 g/mol. The van der Waals surface area contributed by atoms with Crippen molar-refractivity contribution < 1.29 is 30.8 Å². The third-order valence-electron chi connectivity index (χ3n) is 10.3. The minimum atomic E-state index is -4.36. The first kappa shape index (κ1) is 41.6. The minimum absolute atomic E-state index is 0.282. The zero-order valence-corrected chi connectivity index (χ0v) is 34.4. The molecule has 65 heavy (non-hydrogen) atoms. The topological polar surface area (TPSA) is 26.3 Å². The highest BCUT2D eigenvalue weighted by molar-refractivity contribution is 6.06. The first-order valence-corrected chi connectivity index (χ1v) is 20.2. The molecule has 2 nitrogen and oxygen atoms in total. The largest absolute Gasteiger partial charge is 0.456 e. The van der Waals surface area contributed by atoms with Crippen LogP contribution in [0.3, 0.4) is 0 Å². The molecule has 0 saturated carbocycles. The Balaban J connectivity index is 0.000000165. The molecule has 0 unspecified atom stereocenters. The van der Waals surface area contributed by atoms with E-state index in [1.165, 1.54) is 42.0 Å². The zero-order chi connectivity index (χ0) is 44.9. The van der Waals surface area contributed by atoms with Crippen molar-refractivity contribution in [2.45, 2.75) is 13.1 Å². The number of aryl methyl sites for hydroxylation is 1. The number of hydrogen-bond acceptors (Lipinski definition) is 2. The van der Waals surface area contributed by atoms with E-state index in [0.29, 0.717) is 16.7 Å². The first-order chi connectivity index (χ1) is 31.5. The summed E-state index contributed by atoms with van der Waals surface area (Å²) in [6.07, 6.45) is -4.36. The fraction of sp³-hybridized carbons (Fsp3) is 0.0345. The highest BCUT2D eigenvalue weighted by atomic mass is 19.4. The predicted octanol–water partition coefficient (Wildman–Crippen LogP) is 14.4. The number of furan rings is 2. The van der Waals surface area contributed by atoms with E-state index in [-0.39, 0.29) is 11.6 Å². The normalized spacial score (nSPS) is 10.7. The molecular formula is C58H31F5O2. The Morgan fingerprint density at radius 1 is 0.323 bits per heavy atom. The van der Waals surface area contributed by atoms with Gasteiger partial charge in [0.25, 0.3) is 0 Å². The number of benzene rings is 8. The molecule has 0 N–H and O–H groups in total. The van der Waals surface area contributed by atoms with Crippen LogP contribution < -0.4 is 0 Å². The number of halogens is 5. The Labute approximate surface area is 371 Å². The van der Waals surface area contributed by atoms with Crippen LogP contribution in [0.15, 0.2) is 179 Å². The van der Waals surface area contributed by atoms with Crippen molar-refractivity contribution in [3.63, 3.8) is 0 Å². The third kappa shape index (κ3) is 9.99. The SMILES string of the molecule is Cc1ccc(C#Cc2ccc3c(c2)oc2cc(C#Cc4ccc(C(F)(F)F)cc4)ccc23)cc1.Fc1ccc(C#Cc2ccc3c(c2)oc2cc(C#Cc4ccc(F)cc4)ccc23)cc1. The van der Waals surface area contributed by atoms with Gasteiger partial charge in [-0.2, -0.15) is 13.2 Å². The van der Waals surface area contributed by atoms with E-state index in [2.05, 4.69) is 47.4 Å². The summed E-state index contributed by atoms with van der Waals surface area (Å²) < 4.78 is 76.3. The summed E-state index contributed by atoms with van der Waals surface area (Å²) in [7, 11) is 0. The number of hydrogen-bond donors (Lipinski definition) is 0. The van der Waals surface area contributed by atoms with E-state index in [1.54, 1.807) is 24.3 Å². The van der Waals surface area contributed by atoms with Crippen LogP contribution >= 0.6 is 0 Å². The second-order valence-corrected chi connectivity index (χ2v) is 15.0. The maximum atomic E-state index is 13.0. The van der Waals surface area contributed by atoms with Crippen LogP contribution in [-0.2, 0) is 6.18 Å². The molecule has 0 aliphatic carbocycles. The molecule has 0 saturated heterocycles. The van der Waals surface area contributed by atoms with Crippen molar-refractivity contribution in [2.24, 2.45) is 0 Å². The van der Waals surface area contributed by atoms with Gasteiger partial charge < -0.3 is 8.83 Å². The average Bonchev–Trinajstić information content (AvgIpc) is 3.87. The van der Waals surface area contributed by atoms with Crippen LogP contribution in [0.4, 0.5) is 22.0 Å². The standard InChI is InChI=1S/C30H17F3O.C28H14F2O/c1-20-2-4-21(5-3-20)6-8-23-12-16-26-27-17-13-24(19-29(27)34-28(26)18-23)9-7-22-10-14-25(15-11-22)30(31,32)33;29-23-11-5-19(6-12-23)1-3-21-9-15-25-26-16-10-22(18-28(26)31-27(25)17-21)4-2-20-7-13-24(30)14-8-20/h2-5,10-19H,1H3;5-18H. The van der Waals surface area contributed by atoms with Gasteiger partial charge in [0, 0.05) is 66.1 Å². The lowest BCUT2D eigenvalue weighted by atomic mass is 10.1. The number of rotatable bonds is 0. The van der Waals surface area contributed by atoms with Gasteiger partial charge >= 0.3 is 6.18 Å². The van der Waals surface area contributed by atoms with Crippen molar-refractivity contribution >= 4 is 43.9 Å². The quantitative estimate of drug-likeness (QED) is 0.112. The Morgan fingerprint density at radius 2 is 0.569 bits per heavy atom. The van der Waals surface area contributed by atoms with Gasteiger partial charge in [0.05, 0.1) is 5.56 Å². The van der Waals surface area contributed by atoms with E-state index < -0.39 is 11.7 Å². The highest BCUT2D eigenvalue weighted by Crippen LogP contribution is 2.32. The van der Waals surface area contributed by atoms with Gasteiger partial charge in [-0.05, 0) is 165 Å². The number of fused-ring (bicyclic) bond motifs is 6. The molecule has 0 atom stereocenters. The van der Waals surface area contributed by atoms with Crippen LogP contribution in [-0.4, -0.2) is 0 Å². The van der Waals surface area contributed by atoms with E-state index in [0.717, 1.165) is 83.8 Å².